The minimum Gasteiger partial charge on any atom is -0.354 e. The van der Waals surface area contributed by atoms with Crippen molar-refractivity contribution in [1.82, 2.24) is 20.6 Å². The maximum absolute atomic E-state index is 11.4. The van der Waals surface area contributed by atoms with Gasteiger partial charge in [0.05, 0.1) is 5.69 Å². The van der Waals surface area contributed by atoms with E-state index in [0.29, 0.717) is 17.3 Å². The van der Waals surface area contributed by atoms with Gasteiger partial charge >= 0.3 is 0 Å². The Kier molecular flexibility index (Phi) is 5.15. The summed E-state index contributed by atoms with van der Waals surface area (Å²) in [4.78, 5) is 30.0. The molecule has 0 radical (unpaired) electrons. The van der Waals surface area contributed by atoms with Crippen molar-refractivity contribution >= 4 is 30.2 Å². The predicted octanol–water partition coefficient (Wildman–Crippen LogP) is 0.0314. The van der Waals surface area contributed by atoms with Gasteiger partial charge in [-0.3, -0.25) is 9.59 Å². The topological polar surface area (TPSA) is 84.0 Å². The third-order valence-corrected chi connectivity index (χ3v) is 2.38. The van der Waals surface area contributed by atoms with E-state index in [0.717, 1.165) is 0 Å². The lowest BCUT2D eigenvalue weighted by molar-refractivity contribution is -0.118. The van der Waals surface area contributed by atoms with E-state index < -0.39 is 0 Å². The largest absolute Gasteiger partial charge is 0.354 e. The maximum Gasteiger partial charge on any atom is 0.267 e. The molecule has 0 aliphatic rings. The van der Waals surface area contributed by atoms with Gasteiger partial charge in [0.1, 0.15) is 5.70 Å². The lowest BCUT2D eigenvalue weighted by atomic mass is 10.3. The molecule has 17 heavy (non-hydrogen) atoms. The highest BCUT2D eigenvalue weighted by atomic mass is 32.2. The number of amides is 2. The van der Waals surface area contributed by atoms with Crippen LogP contribution in [-0.2, 0) is 9.59 Å². The van der Waals surface area contributed by atoms with Crippen molar-refractivity contribution in [2.24, 2.45) is 0 Å². The van der Waals surface area contributed by atoms with Crippen LogP contribution < -0.4 is 10.6 Å². The van der Waals surface area contributed by atoms with Gasteiger partial charge in [-0.1, -0.05) is 11.8 Å². The average Bonchev–Trinajstić information content (AvgIpc) is 2.37. The minimum absolute atomic E-state index is 0.133. The molecule has 0 aliphatic carbocycles. The van der Waals surface area contributed by atoms with E-state index in [1.54, 1.807) is 12.3 Å². The number of aromatic nitrogens is 2. The Morgan fingerprint density at radius 2 is 2.29 bits per heavy atom. The maximum atomic E-state index is 11.4. The molecule has 2 N–H and O–H groups in total. The Morgan fingerprint density at radius 1 is 1.53 bits per heavy atom. The molecule has 0 saturated heterocycles. The molecule has 0 saturated carbocycles. The second kappa shape index (κ2) is 6.64. The molecule has 0 fully saturated rings. The van der Waals surface area contributed by atoms with Crippen LogP contribution in [0.2, 0.25) is 0 Å². The second-order valence-corrected chi connectivity index (χ2v) is 3.64. The Bertz CT molecular complexity index is 448. The van der Waals surface area contributed by atoms with Gasteiger partial charge in [-0.05, 0) is 18.4 Å². The fraction of sp³-hybridized carbons (Fsp3) is 0.200. The minimum atomic E-state index is -0.388. The van der Waals surface area contributed by atoms with Crippen molar-refractivity contribution in [3.8, 4) is 0 Å². The number of rotatable bonds is 5. The van der Waals surface area contributed by atoms with Crippen LogP contribution >= 0.6 is 11.8 Å². The molecule has 0 unspecified atom stereocenters. The molecule has 1 heterocycles. The quantitative estimate of drug-likeness (QED) is 0.334. The van der Waals surface area contributed by atoms with E-state index >= 15 is 0 Å². The van der Waals surface area contributed by atoms with E-state index in [1.807, 2.05) is 6.26 Å². The summed E-state index contributed by atoms with van der Waals surface area (Å²) in [6.45, 7) is 0. The van der Waals surface area contributed by atoms with Crippen LogP contribution in [0.3, 0.4) is 0 Å². The zero-order valence-electron chi connectivity index (χ0n) is 9.43. The highest BCUT2D eigenvalue weighted by molar-refractivity contribution is 7.98. The fourth-order valence-corrected chi connectivity index (χ4v) is 1.41. The van der Waals surface area contributed by atoms with Gasteiger partial charge in [0.2, 0.25) is 6.41 Å². The van der Waals surface area contributed by atoms with Crippen LogP contribution in [0.4, 0.5) is 0 Å². The van der Waals surface area contributed by atoms with Gasteiger partial charge < -0.3 is 10.6 Å². The molecular weight excluding hydrogens is 240 g/mol. The Labute approximate surface area is 103 Å². The Hall–Kier alpha value is -1.89. The Morgan fingerprint density at radius 3 is 2.88 bits per heavy atom. The highest BCUT2D eigenvalue weighted by Gasteiger charge is 2.07. The number of carbonyl (C=O) groups excluding carboxylic acids is 2. The van der Waals surface area contributed by atoms with Crippen molar-refractivity contribution in [2.45, 2.75) is 5.16 Å². The molecule has 0 aromatic carbocycles. The molecule has 7 heteroatoms. The molecule has 1 aromatic heterocycles. The third-order valence-electron chi connectivity index (χ3n) is 1.82. The van der Waals surface area contributed by atoms with Crippen molar-refractivity contribution in [3.63, 3.8) is 0 Å². The van der Waals surface area contributed by atoms with Crippen molar-refractivity contribution < 1.29 is 9.59 Å². The fourth-order valence-electron chi connectivity index (χ4n) is 1.05. The average molecular weight is 252 g/mol. The first kappa shape index (κ1) is 13.2. The molecule has 0 aliphatic heterocycles. The van der Waals surface area contributed by atoms with Crippen molar-refractivity contribution in [2.75, 3.05) is 13.3 Å². The molecule has 6 nitrogen and oxygen atoms in total. The van der Waals surface area contributed by atoms with Crippen LogP contribution in [0.25, 0.3) is 6.08 Å². The van der Waals surface area contributed by atoms with Gasteiger partial charge in [-0.15, -0.1) is 0 Å². The standard InChI is InChI=1S/C10H12N4O2S/c1-11-9(16)8(13-6-15)5-7-3-4-12-10(14-7)17-2/h3-6H,1-2H3,(H,11,16)(H,13,15)/b8-5-. The predicted molar refractivity (Wildman–Crippen MR) is 65.1 cm³/mol. The van der Waals surface area contributed by atoms with Gasteiger partial charge in [0, 0.05) is 13.2 Å². The molecule has 1 aromatic rings. The molecule has 2 amide bonds. The van der Waals surface area contributed by atoms with Gasteiger partial charge in [-0.2, -0.15) is 0 Å². The summed E-state index contributed by atoms with van der Waals surface area (Å²) in [6, 6.07) is 1.65. The van der Waals surface area contributed by atoms with Gasteiger partial charge in [-0.25, -0.2) is 9.97 Å². The van der Waals surface area contributed by atoms with Gasteiger partial charge in [0.15, 0.2) is 5.16 Å². The monoisotopic (exact) mass is 252 g/mol. The molecule has 0 spiro atoms. The SMILES string of the molecule is CNC(=O)/C(=C/c1ccnc(SC)n1)NC=O. The second-order valence-electron chi connectivity index (χ2n) is 2.87. The molecule has 0 bridgehead atoms. The zero-order chi connectivity index (χ0) is 12.7. The summed E-state index contributed by atoms with van der Waals surface area (Å²) in [6.07, 6.45) is 5.37. The first-order chi connectivity index (χ1) is 8.21. The van der Waals surface area contributed by atoms with E-state index in [1.165, 1.54) is 24.9 Å². The number of hydrogen-bond donors (Lipinski definition) is 2. The number of likely N-dealkylation sites (N-methyl/N-ethyl adjacent to an activating group) is 1. The molecule has 0 atom stereocenters. The normalized spacial score (nSPS) is 10.8. The number of thioether (sulfide) groups is 1. The van der Waals surface area contributed by atoms with Crippen LogP contribution in [0, 0.1) is 0 Å². The van der Waals surface area contributed by atoms with E-state index in [-0.39, 0.29) is 11.6 Å². The first-order valence-corrected chi connectivity index (χ1v) is 5.94. The molecule has 1 rings (SSSR count). The zero-order valence-corrected chi connectivity index (χ0v) is 10.2. The number of hydrogen-bond acceptors (Lipinski definition) is 5. The lowest BCUT2D eigenvalue weighted by Gasteiger charge is -2.04. The van der Waals surface area contributed by atoms with Gasteiger partial charge in [0.25, 0.3) is 5.91 Å². The first-order valence-electron chi connectivity index (χ1n) is 4.72. The van der Waals surface area contributed by atoms with Crippen molar-refractivity contribution in [1.29, 1.82) is 0 Å². The number of carbonyl (C=O) groups is 2. The van der Waals surface area contributed by atoms with Crippen LogP contribution in [0.1, 0.15) is 5.69 Å². The summed E-state index contributed by atoms with van der Waals surface area (Å²) in [7, 11) is 1.48. The Balaban J connectivity index is 3.02. The van der Waals surface area contributed by atoms with Crippen LogP contribution in [-0.4, -0.2) is 35.6 Å². The molecule has 90 valence electrons. The van der Waals surface area contributed by atoms with Crippen LogP contribution in [0.15, 0.2) is 23.1 Å². The summed E-state index contributed by atoms with van der Waals surface area (Å²) in [5.41, 5.74) is 0.686. The number of nitrogens with zero attached hydrogens (tertiary/aromatic N) is 2. The van der Waals surface area contributed by atoms with E-state index in [2.05, 4.69) is 20.6 Å². The summed E-state index contributed by atoms with van der Waals surface area (Å²) in [5, 5.41) is 5.34. The number of nitrogens with one attached hydrogen (secondary N) is 2. The van der Waals surface area contributed by atoms with Crippen LogP contribution in [0.5, 0.6) is 0 Å². The summed E-state index contributed by atoms with van der Waals surface area (Å²) in [5.74, 6) is -0.388. The third kappa shape index (κ3) is 3.87. The summed E-state index contributed by atoms with van der Waals surface area (Å²) < 4.78 is 0. The highest BCUT2D eigenvalue weighted by Crippen LogP contribution is 2.09. The van der Waals surface area contributed by atoms with E-state index in [9.17, 15) is 9.59 Å². The lowest BCUT2D eigenvalue weighted by Crippen LogP contribution is -2.28. The summed E-state index contributed by atoms with van der Waals surface area (Å²) >= 11 is 1.40. The van der Waals surface area contributed by atoms with Crippen molar-refractivity contribution in [3.05, 3.63) is 23.7 Å². The van der Waals surface area contributed by atoms with E-state index in [4.69, 9.17) is 0 Å². The smallest absolute Gasteiger partial charge is 0.267 e. The molecular formula is C10H12N4O2S.